The Morgan fingerprint density at radius 2 is 1.69 bits per heavy atom. The Morgan fingerprint density at radius 3 is 2.36 bits per heavy atom. The van der Waals surface area contributed by atoms with Gasteiger partial charge in [-0.25, -0.2) is 0 Å². The lowest BCUT2D eigenvalue weighted by Gasteiger charge is -2.38. The Labute approximate surface area is 216 Å². The van der Waals surface area contributed by atoms with Crippen LogP contribution in [0.2, 0.25) is 5.02 Å². The molecule has 1 aromatic rings. The minimum Gasteiger partial charge on any atom is -0.395 e. The topological polar surface area (TPSA) is 90.4 Å². The summed E-state index contributed by atoms with van der Waals surface area (Å²) in [6, 6.07) is 5.94. The maximum absolute atomic E-state index is 14.2. The number of ether oxygens (including phenoxy) is 1. The molecule has 8 nitrogen and oxygen atoms in total. The highest BCUT2D eigenvalue weighted by Crippen LogP contribution is 2.58. The van der Waals surface area contributed by atoms with Crippen LogP contribution in [-0.2, 0) is 19.1 Å². The predicted octanol–water partition coefficient (Wildman–Crippen LogP) is 2.40. The quantitative estimate of drug-likeness (QED) is 0.590. The van der Waals surface area contributed by atoms with Crippen molar-refractivity contribution in [3.8, 4) is 0 Å². The van der Waals surface area contributed by atoms with E-state index in [0.29, 0.717) is 30.2 Å². The maximum atomic E-state index is 14.2. The standard InChI is InChI=1S/C27H32ClN3O5/c1-3-13-29-14-5-11-26(4-2)20(23(29)33)21-24(34)31(16-17-32)22-25(35)30(15-6-12-27(21,22)36-26)19-9-7-18(28)8-10-19/h5-12,20-22,32H,3-4,13-17H2,1-2H3/t20-,21+,22?,26+,27+/m1/s1. The van der Waals surface area contributed by atoms with Gasteiger partial charge >= 0.3 is 0 Å². The van der Waals surface area contributed by atoms with Crippen LogP contribution in [0.25, 0.3) is 0 Å². The molecular weight excluding hydrogens is 482 g/mol. The third kappa shape index (κ3) is 3.53. The van der Waals surface area contributed by atoms with Gasteiger partial charge in [-0.15, -0.1) is 0 Å². The van der Waals surface area contributed by atoms with E-state index in [4.69, 9.17) is 16.3 Å². The van der Waals surface area contributed by atoms with Crippen LogP contribution in [0.1, 0.15) is 26.7 Å². The van der Waals surface area contributed by atoms with Crippen LogP contribution in [0.3, 0.4) is 0 Å². The molecule has 192 valence electrons. The van der Waals surface area contributed by atoms with E-state index in [0.717, 1.165) is 6.42 Å². The Morgan fingerprint density at radius 1 is 0.972 bits per heavy atom. The summed E-state index contributed by atoms with van der Waals surface area (Å²) >= 11 is 6.07. The first-order valence-electron chi connectivity index (χ1n) is 12.7. The number of anilines is 1. The highest BCUT2D eigenvalue weighted by Gasteiger charge is 2.75. The van der Waals surface area contributed by atoms with E-state index >= 15 is 0 Å². The highest BCUT2D eigenvalue weighted by atomic mass is 35.5. The molecule has 1 aromatic carbocycles. The van der Waals surface area contributed by atoms with Crippen molar-refractivity contribution in [2.75, 3.05) is 37.7 Å². The van der Waals surface area contributed by atoms with E-state index in [9.17, 15) is 19.5 Å². The summed E-state index contributed by atoms with van der Waals surface area (Å²) in [4.78, 5) is 47.0. The average molecular weight is 514 g/mol. The number of aliphatic hydroxyl groups excluding tert-OH is 1. The molecule has 0 aromatic heterocycles. The van der Waals surface area contributed by atoms with Crippen LogP contribution in [0.5, 0.6) is 0 Å². The smallest absolute Gasteiger partial charge is 0.253 e. The van der Waals surface area contributed by atoms with E-state index in [1.165, 1.54) is 4.90 Å². The van der Waals surface area contributed by atoms with E-state index in [-0.39, 0.29) is 37.4 Å². The summed E-state index contributed by atoms with van der Waals surface area (Å²) < 4.78 is 6.86. The van der Waals surface area contributed by atoms with Gasteiger partial charge in [0.25, 0.3) is 5.91 Å². The van der Waals surface area contributed by atoms with Crippen molar-refractivity contribution in [3.63, 3.8) is 0 Å². The molecule has 1 N–H and O–H groups in total. The van der Waals surface area contributed by atoms with Crippen molar-refractivity contribution in [1.29, 1.82) is 0 Å². The van der Waals surface area contributed by atoms with Crippen molar-refractivity contribution in [1.82, 2.24) is 9.80 Å². The van der Waals surface area contributed by atoms with Crippen LogP contribution in [0.4, 0.5) is 5.69 Å². The lowest BCUT2D eigenvalue weighted by Crippen LogP contribution is -2.56. The number of aliphatic hydroxyl groups is 1. The van der Waals surface area contributed by atoms with Crippen molar-refractivity contribution in [2.45, 2.75) is 43.9 Å². The summed E-state index contributed by atoms with van der Waals surface area (Å²) in [6.45, 7) is 4.97. The molecule has 0 radical (unpaired) electrons. The van der Waals surface area contributed by atoms with Crippen molar-refractivity contribution >= 4 is 35.0 Å². The molecule has 4 heterocycles. The zero-order valence-electron chi connectivity index (χ0n) is 20.6. The van der Waals surface area contributed by atoms with Gasteiger partial charge in [0.2, 0.25) is 11.8 Å². The second kappa shape index (κ2) is 9.32. The SMILES string of the molecule is CCCN1CC=C[C@]2(CC)O[C@]34C=CCN(c5ccc(Cl)cc5)C(=O)C3N(CCO)C(=O)[C@@H]4[C@@H]2C1=O. The average Bonchev–Trinajstić information content (AvgIpc) is 3.15. The Balaban J connectivity index is 1.64. The second-order valence-electron chi connectivity index (χ2n) is 9.89. The van der Waals surface area contributed by atoms with E-state index in [1.54, 1.807) is 34.1 Å². The number of fused-ring (bicyclic) bond motifs is 2. The van der Waals surface area contributed by atoms with E-state index < -0.39 is 29.1 Å². The number of hydrogen-bond acceptors (Lipinski definition) is 5. The van der Waals surface area contributed by atoms with Crippen LogP contribution in [-0.4, -0.2) is 82.7 Å². The molecule has 0 saturated carbocycles. The molecule has 9 heteroatoms. The number of rotatable bonds is 6. The number of benzene rings is 1. The minimum absolute atomic E-state index is 0.0201. The second-order valence-corrected chi connectivity index (χ2v) is 10.3. The number of likely N-dealkylation sites (tertiary alicyclic amines) is 1. The zero-order chi connectivity index (χ0) is 25.7. The Kier molecular flexibility index (Phi) is 6.47. The molecule has 2 saturated heterocycles. The van der Waals surface area contributed by atoms with Gasteiger partial charge in [0, 0.05) is 36.9 Å². The zero-order valence-corrected chi connectivity index (χ0v) is 21.4. The number of hydrogen-bond donors (Lipinski definition) is 1. The van der Waals surface area contributed by atoms with Gasteiger partial charge in [0.05, 0.1) is 24.0 Å². The molecule has 36 heavy (non-hydrogen) atoms. The van der Waals surface area contributed by atoms with Crippen LogP contribution in [0.15, 0.2) is 48.6 Å². The molecular formula is C27H32ClN3O5. The summed E-state index contributed by atoms with van der Waals surface area (Å²) in [7, 11) is 0. The minimum atomic E-state index is -1.32. The molecule has 5 rings (SSSR count). The number of carbonyl (C=O) groups is 3. The van der Waals surface area contributed by atoms with Crippen molar-refractivity contribution < 1.29 is 24.2 Å². The van der Waals surface area contributed by atoms with Gasteiger partial charge < -0.3 is 24.5 Å². The third-order valence-corrected chi connectivity index (χ3v) is 8.25. The summed E-state index contributed by atoms with van der Waals surface area (Å²) in [5.41, 5.74) is -1.67. The fourth-order valence-electron chi connectivity index (χ4n) is 6.48. The van der Waals surface area contributed by atoms with E-state index in [2.05, 4.69) is 0 Å². The van der Waals surface area contributed by atoms with Gasteiger partial charge in [0.15, 0.2) is 0 Å². The van der Waals surface area contributed by atoms with Crippen LogP contribution < -0.4 is 4.90 Å². The number of halogens is 1. The van der Waals surface area contributed by atoms with Crippen LogP contribution >= 0.6 is 11.6 Å². The maximum Gasteiger partial charge on any atom is 0.253 e. The van der Waals surface area contributed by atoms with Gasteiger partial charge in [0.1, 0.15) is 11.6 Å². The highest BCUT2D eigenvalue weighted by molar-refractivity contribution is 6.30. The van der Waals surface area contributed by atoms with Crippen LogP contribution in [0, 0.1) is 11.8 Å². The number of nitrogens with zero attached hydrogens (tertiary/aromatic N) is 3. The molecule has 2 fully saturated rings. The molecule has 4 aliphatic rings. The molecule has 5 atom stereocenters. The first-order chi connectivity index (χ1) is 17.3. The summed E-state index contributed by atoms with van der Waals surface area (Å²) in [6.07, 6.45) is 8.83. The lowest BCUT2D eigenvalue weighted by molar-refractivity contribution is -0.150. The molecule has 1 unspecified atom stereocenters. The number of amides is 3. The van der Waals surface area contributed by atoms with E-state index in [1.807, 2.05) is 38.2 Å². The lowest BCUT2D eigenvalue weighted by atomic mass is 9.73. The first-order valence-corrected chi connectivity index (χ1v) is 13.0. The van der Waals surface area contributed by atoms with Gasteiger partial charge in [-0.05, 0) is 37.1 Å². The van der Waals surface area contributed by atoms with Gasteiger partial charge in [-0.3, -0.25) is 14.4 Å². The van der Waals surface area contributed by atoms with Gasteiger partial charge in [-0.2, -0.15) is 0 Å². The Bertz CT molecular complexity index is 1120. The van der Waals surface area contributed by atoms with Gasteiger partial charge in [-0.1, -0.05) is 49.8 Å². The molecule has 4 aliphatic heterocycles. The molecule has 0 bridgehead atoms. The molecule has 0 aliphatic carbocycles. The fraction of sp³-hybridized carbons (Fsp3) is 0.519. The van der Waals surface area contributed by atoms with Crippen molar-refractivity contribution in [2.24, 2.45) is 11.8 Å². The third-order valence-electron chi connectivity index (χ3n) is 8.00. The summed E-state index contributed by atoms with van der Waals surface area (Å²) in [5, 5.41) is 10.4. The monoisotopic (exact) mass is 513 g/mol. The molecule has 1 spiro atoms. The number of carbonyl (C=O) groups excluding carboxylic acids is 3. The predicted molar refractivity (Wildman–Crippen MR) is 135 cm³/mol. The van der Waals surface area contributed by atoms with Crippen molar-refractivity contribution in [3.05, 3.63) is 53.6 Å². The fourth-order valence-corrected chi connectivity index (χ4v) is 6.61. The Hall–Kier alpha value is -2.68. The first kappa shape index (κ1) is 25.0. The summed E-state index contributed by atoms with van der Waals surface area (Å²) in [5.74, 6) is -2.38. The largest absolute Gasteiger partial charge is 0.395 e. The molecule has 3 amide bonds. The normalized spacial score (nSPS) is 33.5. The number of β-amino-alcohol motifs (C(OH)–C–C–N with tert-alkyl or cyclic N) is 1.